The van der Waals surface area contributed by atoms with Gasteiger partial charge >= 0.3 is 0 Å². The number of rotatable bonds is 8. The molecule has 0 aliphatic rings. The van der Waals surface area contributed by atoms with Gasteiger partial charge in [0.1, 0.15) is 0 Å². The lowest BCUT2D eigenvalue weighted by atomic mass is 10.1. The first kappa shape index (κ1) is 16.9. The highest BCUT2D eigenvalue weighted by Crippen LogP contribution is 2.27. The van der Waals surface area contributed by atoms with E-state index in [0.29, 0.717) is 23.0 Å². The molecule has 0 radical (unpaired) electrons. The molecule has 0 unspecified atom stereocenters. The SMILES string of the molecule is C=C(CCC(C)C)NNC(=O)c1ccc(OC)c(OC)c1. The Bertz CT molecular complexity index is 498. The second kappa shape index (κ2) is 8.19. The molecule has 0 aliphatic carbocycles. The molecule has 0 bridgehead atoms. The standard InChI is InChI=1S/C16H24N2O3/c1-11(2)6-7-12(3)17-18-16(19)13-8-9-14(20-4)15(10-13)21-5/h8-11,17H,3,6-7H2,1-2,4-5H3,(H,18,19). The molecule has 0 heterocycles. The number of allylic oxidation sites excluding steroid dienone is 1. The average molecular weight is 292 g/mol. The average Bonchev–Trinajstić information content (AvgIpc) is 2.49. The molecule has 5 nitrogen and oxygen atoms in total. The van der Waals surface area contributed by atoms with Gasteiger partial charge < -0.3 is 14.9 Å². The van der Waals surface area contributed by atoms with Gasteiger partial charge in [0.05, 0.1) is 14.2 Å². The minimum Gasteiger partial charge on any atom is -0.493 e. The van der Waals surface area contributed by atoms with E-state index >= 15 is 0 Å². The summed E-state index contributed by atoms with van der Waals surface area (Å²) in [4.78, 5) is 12.0. The molecule has 0 atom stereocenters. The Morgan fingerprint density at radius 2 is 1.86 bits per heavy atom. The lowest BCUT2D eigenvalue weighted by Crippen LogP contribution is -2.36. The Labute approximate surface area is 126 Å². The Morgan fingerprint density at radius 1 is 1.19 bits per heavy atom. The lowest BCUT2D eigenvalue weighted by molar-refractivity contribution is 0.0938. The van der Waals surface area contributed by atoms with Gasteiger partial charge in [0.15, 0.2) is 11.5 Å². The molecule has 0 saturated carbocycles. The van der Waals surface area contributed by atoms with Crippen molar-refractivity contribution in [1.82, 2.24) is 10.9 Å². The fraction of sp³-hybridized carbons (Fsp3) is 0.438. The zero-order chi connectivity index (χ0) is 15.8. The molecule has 1 aromatic carbocycles. The number of carbonyl (C=O) groups is 1. The Hall–Kier alpha value is -2.17. The van der Waals surface area contributed by atoms with Crippen LogP contribution in [0, 0.1) is 5.92 Å². The highest BCUT2D eigenvalue weighted by atomic mass is 16.5. The highest BCUT2D eigenvalue weighted by Gasteiger charge is 2.10. The van der Waals surface area contributed by atoms with Crippen molar-refractivity contribution in [2.45, 2.75) is 26.7 Å². The van der Waals surface area contributed by atoms with Gasteiger partial charge in [-0.3, -0.25) is 10.2 Å². The van der Waals surface area contributed by atoms with Gasteiger partial charge in [-0.25, -0.2) is 0 Å². The fourth-order valence-corrected chi connectivity index (χ4v) is 1.72. The maximum Gasteiger partial charge on any atom is 0.269 e. The van der Waals surface area contributed by atoms with Gasteiger partial charge in [-0.05, 0) is 37.0 Å². The third-order valence-electron chi connectivity index (χ3n) is 3.02. The lowest BCUT2D eigenvalue weighted by Gasteiger charge is -2.13. The van der Waals surface area contributed by atoms with Crippen LogP contribution in [-0.4, -0.2) is 20.1 Å². The van der Waals surface area contributed by atoms with Crippen LogP contribution in [0.3, 0.4) is 0 Å². The van der Waals surface area contributed by atoms with E-state index in [2.05, 4.69) is 31.3 Å². The van der Waals surface area contributed by atoms with E-state index in [9.17, 15) is 4.79 Å². The number of methoxy groups -OCH3 is 2. The van der Waals surface area contributed by atoms with Gasteiger partial charge in [-0.15, -0.1) is 0 Å². The van der Waals surface area contributed by atoms with Crippen LogP contribution in [-0.2, 0) is 0 Å². The minimum atomic E-state index is -0.248. The number of carbonyl (C=O) groups excluding carboxylic acids is 1. The van der Waals surface area contributed by atoms with E-state index in [0.717, 1.165) is 18.5 Å². The van der Waals surface area contributed by atoms with E-state index in [4.69, 9.17) is 9.47 Å². The number of nitrogens with one attached hydrogen (secondary N) is 2. The van der Waals surface area contributed by atoms with Crippen molar-refractivity contribution in [2.24, 2.45) is 5.92 Å². The van der Waals surface area contributed by atoms with Gasteiger partial charge in [0, 0.05) is 11.3 Å². The predicted molar refractivity (Wildman–Crippen MR) is 83.4 cm³/mol. The normalized spacial score (nSPS) is 10.1. The molecule has 1 rings (SSSR count). The third kappa shape index (κ3) is 5.38. The largest absolute Gasteiger partial charge is 0.493 e. The smallest absolute Gasteiger partial charge is 0.269 e. The number of hydrazine groups is 1. The zero-order valence-corrected chi connectivity index (χ0v) is 13.2. The van der Waals surface area contributed by atoms with Gasteiger partial charge in [-0.1, -0.05) is 20.4 Å². The maximum absolute atomic E-state index is 12.0. The number of hydrogen-bond donors (Lipinski definition) is 2. The van der Waals surface area contributed by atoms with Crippen molar-refractivity contribution < 1.29 is 14.3 Å². The van der Waals surface area contributed by atoms with E-state index in [1.54, 1.807) is 25.3 Å². The molecule has 0 fully saturated rings. The quantitative estimate of drug-likeness (QED) is 0.723. The summed E-state index contributed by atoms with van der Waals surface area (Å²) in [5.41, 5.74) is 6.74. The first-order chi connectivity index (χ1) is 9.97. The van der Waals surface area contributed by atoms with Crippen LogP contribution in [0.5, 0.6) is 11.5 Å². The molecule has 1 amide bonds. The predicted octanol–water partition coefficient (Wildman–Crippen LogP) is 2.89. The summed E-state index contributed by atoms with van der Waals surface area (Å²) in [5, 5.41) is 0. The summed E-state index contributed by atoms with van der Waals surface area (Å²) in [7, 11) is 3.09. The first-order valence-electron chi connectivity index (χ1n) is 6.94. The monoisotopic (exact) mass is 292 g/mol. The maximum atomic E-state index is 12.0. The molecule has 116 valence electrons. The van der Waals surface area contributed by atoms with Gasteiger partial charge in [-0.2, -0.15) is 0 Å². The fourth-order valence-electron chi connectivity index (χ4n) is 1.72. The third-order valence-corrected chi connectivity index (χ3v) is 3.02. The molecule has 1 aromatic rings. The van der Waals surface area contributed by atoms with Crippen LogP contribution in [0.15, 0.2) is 30.5 Å². The van der Waals surface area contributed by atoms with Crippen molar-refractivity contribution in [2.75, 3.05) is 14.2 Å². The van der Waals surface area contributed by atoms with Crippen molar-refractivity contribution in [3.05, 3.63) is 36.0 Å². The van der Waals surface area contributed by atoms with E-state index < -0.39 is 0 Å². The topological polar surface area (TPSA) is 59.6 Å². The van der Waals surface area contributed by atoms with Crippen LogP contribution in [0.25, 0.3) is 0 Å². The Morgan fingerprint density at radius 3 is 2.43 bits per heavy atom. The number of hydrogen-bond acceptors (Lipinski definition) is 4. The molecule has 0 spiro atoms. The molecule has 0 aliphatic heterocycles. The molecular formula is C16H24N2O3. The summed E-state index contributed by atoms with van der Waals surface area (Å²) in [6.07, 6.45) is 1.85. The van der Waals surface area contributed by atoms with Crippen molar-refractivity contribution in [3.8, 4) is 11.5 Å². The van der Waals surface area contributed by atoms with Crippen LogP contribution in [0.1, 0.15) is 37.0 Å². The number of amides is 1. The van der Waals surface area contributed by atoms with E-state index in [1.807, 2.05) is 0 Å². The molecule has 21 heavy (non-hydrogen) atoms. The van der Waals surface area contributed by atoms with Crippen molar-refractivity contribution in [1.29, 1.82) is 0 Å². The second-order valence-corrected chi connectivity index (χ2v) is 5.18. The van der Waals surface area contributed by atoms with Crippen LogP contribution < -0.4 is 20.3 Å². The van der Waals surface area contributed by atoms with Crippen LogP contribution >= 0.6 is 0 Å². The second-order valence-electron chi connectivity index (χ2n) is 5.18. The summed E-state index contributed by atoms with van der Waals surface area (Å²) in [6.45, 7) is 8.18. The van der Waals surface area contributed by atoms with E-state index in [-0.39, 0.29) is 5.91 Å². The van der Waals surface area contributed by atoms with Crippen LogP contribution in [0.4, 0.5) is 0 Å². The molecule has 5 heteroatoms. The summed E-state index contributed by atoms with van der Waals surface area (Å²) < 4.78 is 10.3. The van der Waals surface area contributed by atoms with Crippen molar-refractivity contribution >= 4 is 5.91 Å². The van der Waals surface area contributed by atoms with Gasteiger partial charge in [0.2, 0.25) is 0 Å². The van der Waals surface area contributed by atoms with Crippen LogP contribution in [0.2, 0.25) is 0 Å². The first-order valence-corrected chi connectivity index (χ1v) is 6.94. The highest BCUT2D eigenvalue weighted by molar-refractivity contribution is 5.94. The zero-order valence-electron chi connectivity index (χ0n) is 13.2. The summed E-state index contributed by atoms with van der Waals surface area (Å²) in [6, 6.07) is 5.00. The van der Waals surface area contributed by atoms with E-state index in [1.165, 1.54) is 7.11 Å². The minimum absolute atomic E-state index is 0.248. The molecule has 0 saturated heterocycles. The van der Waals surface area contributed by atoms with Crippen molar-refractivity contribution in [3.63, 3.8) is 0 Å². The number of benzene rings is 1. The molecular weight excluding hydrogens is 268 g/mol. The molecule has 2 N–H and O–H groups in total. The summed E-state index contributed by atoms with van der Waals surface area (Å²) >= 11 is 0. The van der Waals surface area contributed by atoms with Gasteiger partial charge in [0.25, 0.3) is 5.91 Å². The number of ether oxygens (including phenoxy) is 2. The Balaban J connectivity index is 2.58. The Kier molecular flexibility index (Phi) is 6.59. The molecule has 0 aromatic heterocycles. The summed E-state index contributed by atoms with van der Waals surface area (Å²) in [5.74, 6) is 1.46.